The summed E-state index contributed by atoms with van der Waals surface area (Å²) in [5.41, 5.74) is -0.154. The van der Waals surface area contributed by atoms with Gasteiger partial charge in [-0.25, -0.2) is 13.2 Å². The molecule has 1 amide bonds. The first-order valence-electron chi connectivity index (χ1n) is 16.8. The fourth-order valence-electron chi connectivity index (χ4n) is 7.82. The quantitative estimate of drug-likeness (QED) is 0.143. The minimum absolute atomic E-state index is 0.0224. The van der Waals surface area contributed by atoms with E-state index in [1.165, 1.54) is 0 Å². The lowest BCUT2D eigenvalue weighted by Gasteiger charge is -2.50. The molecule has 1 saturated carbocycles. The molecule has 4 fully saturated rings. The fourth-order valence-corrected chi connectivity index (χ4v) is 9.54. The number of hydrogen-bond acceptors (Lipinski definition) is 9. The van der Waals surface area contributed by atoms with Gasteiger partial charge in [0.1, 0.15) is 17.3 Å². The summed E-state index contributed by atoms with van der Waals surface area (Å²) in [5.74, 6) is 0.101. The first-order chi connectivity index (χ1) is 23.4. The summed E-state index contributed by atoms with van der Waals surface area (Å²) in [4.78, 5) is 11.4. The van der Waals surface area contributed by atoms with E-state index < -0.39 is 51.4 Å². The summed E-state index contributed by atoms with van der Waals surface area (Å²) in [6, 6.07) is 8.29. The minimum Gasteiger partial charge on any atom is -0.491 e. The van der Waals surface area contributed by atoms with Crippen molar-refractivity contribution in [3.05, 3.63) is 90.8 Å². The van der Waals surface area contributed by atoms with Crippen LogP contribution in [0.3, 0.4) is 0 Å². The zero-order valence-corrected chi connectivity index (χ0v) is 29.1. The number of fused-ring (bicyclic) bond motifs is 1. The Labute approximate surface area is 289 Å². The molecular weight excluding hydrogens is 650 g/mol. The van der Waals surface area contributed by atoms with Crippen LogP contribution in [0.2, 0.25) is 0 Å². The Kier molecular flexibility index (Phi) is 11.9. The van der Waals surface area contributed by atoms with Gasteiger partial charge in [-0.2, -0.15) is 0 Å². The molecule has 3 unspecified atom stereocenters. The fraction of sp³-hybridized carbons (Fsp3) is 0.541. The molecule has 1 aliphatic carbocycles. The Morgan fingerprint density at radius 2 is 2.02 bits per heavy atom. The summed E-state index contributed by atoms with van der Waals surface area (Å²) < 4.78 is 58.1. The second-order valence-electron chi connectivity index (χ2n) is 13.4. The van der Waals surface area contributed by atoms with E-state index in [0.717, 1.165) is 23.3 Å². The monoisotopic (exact) mass is 699 g/mol. The van der Waals surface area contributed by atoms with Gasteiger partial charge in [0.2, 0.25) is 0 Å². The molecule has 0 aromatic heterocycles. The van der Waals surface area contributed by atoms with E-state index in [-0.39, 0.29) is 42.2 Å². The molecule has 268 valence electrons. The zero-order chi connectivity index (χ0) is 35.2. The smallest absolute Gasteiger partial charge is 0.404 e. The molecule has 1 aromatic rings. The van der Waals surface area contributed by atoms with E-state index >= 15 is 0 Å². The van der Waals surface area contributed by atoms with Gasteiger partial charge >= 0.3 is 6.09 Å². The van der Waals surface area contributed by atoms with Crippen molar-refractivity contribution in [1.29, 1.82) is 0 Å². The van der Waals surface area contributed by atoms with Gasteiger partial charge in [0.05, 0.1) is 54.0 Å². The standard InChI is InChI=1S/C37H49NO10S/c1-5-15-45-16-9-10-28-19-26(3)33(47-28)14-13-29-17-25(2)18-30(46-29)21-36(20-27(39)23-38-35(40)41)37(44-4)22-34(48-36)32(37)24-49(42,43)31-11-7-6-8-12-31/h5-12,17-18,27-28,30,32-34,38-39H,1,3,13-16,19-24H2,2,4H3,(H,40,41)/b10-9+/t27-,28?,30?,32+,33?,34+,36+,37-/m1/s1. The molecule has 4 heterocycles. The molecule has 1 aromatic carbocycles. The largest absolute Gasteiger partial charge is 0.491 e. The Morgan fingerprint density at radius 3 is 2.73 bits per heavy atom. The topological polar surface area (TPSA) is 150 Å². The van der Waals surface area contributed by atoms with Crippen LogP contribution < -0.4 is 5.32 Å². The molecular formula is C37H49NO10S. The van der Waals surface area contributed by atoms with Gasteiger partial charge in [0.25, 0.3) is 0 Å². The van der Waals surface area contributed by atoms with Crippen molar-refractivity contribution in [3.8, 4) is 0 Å². The summed E-state index contributed by atoms with van der Waals surface area (Å²) in [6.45, 7) is 10.6. The number of aliphatic hydroxyl groups is 1. The van der Waals surface area contributed by atoms with Crippen molar-refractivity contribution in [3.63, 3.8) is 0 Å². The van der Waals surface area contributed by atoms with Crippen LogP contribution in [0.25, 0.3) is 0 Å². The first kappa shape index (κ1) is 37.0. The van der Waals surface area contributed by atoms with Crippen LogP contribution in [-0.4, -0.2) is 99.1 Å². The Hall–Kier alpha value is -3.26. The normalized spacial score (nSPS) is 31.5. The maximum absolute atomic E-state index is 13.5. The third-order valence-corrected chi connectivity index (χ3v) is 11.8. The van der Waals surface area contributed by atoms with Crippen LogP contribution in [0, 0.1) is 5.92 Å². The molecule has 6 rings (SSSR count). The zero-order valence-electron chi connectivity index (χ0n) is 28.3. The van der Waals surface area contributed by atoms with Gasteiger partial charge in [0, 0.05) is 51.7 Å². The third-order valence-electron chi connectivity index (χ3n) is 10.0. The average Bonchev–Trinajstić information content (AvgIpc) is 3.66. The lowest BCUT2D eigenvalue weighted by molar-refractivity contribution is -0.154. The maximum Gasteiger partial charge on any atom is 0.404 e. The SMILES string of the molecule is C=CCOC/C=C/C1CC(=C)C(CCC2=CC(C)=CC(C[C@]3(C[C@@H](O)CNC(=O)O)O[C@H]4C[C@@]3(OC)[C@H]4CS(=O)(=O)c3ccccc3)O2)O1. The average molecular weight is 700 g/mol. The molecule has 11 nitrogen and oxygen atoms in total. The van der Waals surface area contributed by atoms with Crippen molar-refractivity contribution >= 4 is 15.9 Å². The van der Waals surface area contributed by atoms with E-state index in [4.69, 9.17) is 28.8 Å². The minimum atomic E-state index is -3.68. The molecule has 49 heavy (non-hydrogen) atoms. The lowest BCUT2D eigenvalue weighted by Crippen LogP contribution is -2.63. The third kappa shape index (κ3) is 8.38. The van der Waals surface area contributed by atoms with Crippen molar-refractivity contribution < 1.29 is 47.1 Å². The summed E-state index contributed by atoms with van der Waals surface area (Å²) in [5, 5.41) is 22.5. The number of sulfone groups is 1. The number of ether oxygens (including phenoxy) is 5. The highest BCUT2D eigenvalue weighted by Gasteiger charge is 2.75. The van der Waals surface area contributed by atoms with E-state index in [0.29, 0.717) is 32.5 Å². The molecule has 0 radical (unpaired) electrons. The van der Waals surface area contributed by atoms with Crippen LogP contribution in [0.15, 0.2) is 95.7 Å². The van der Waals surface area contributed by atoms with Crippen molar-refractivity contribution in [2.24, 2.45) is 5.92 Å². The highest BCUT2D eigenvalue weighted by atomic mass is 32.2. The van der Waals surface area contributed by atoms with Gasteiger partial charge in [0.15, 0.2) is 9.84 Å². The van der Waals surface area contributed by atoms with Crippen LogP contribution in [0.4, 0.5) is 4.79 Å². The number of rotatable bonds is 18. The second kappa shape index (κ2) is 15.7. The Balaban J connectivity index is 1.29. The first-order valence-corrected chi connectivity index (χ1v) is 18.4. The molecule has 3 saturated heterocycles. The lowest BCUT2D eigenvalue weighted by atomic mass is 9.60. The molecule has 3 N–H and O–H groups in total. The van der Waals surface area contributed by atoms with Gasteiger partial charge in [-0.05, 0) is 48.8 Å². The molecule has 8 atom stereocenters. The highest BCUT2D eigenvalue weighted by Crippen LogP contribution is 2.63. The van der Waals surface area contributed by atoms with E-state index in [2.05, 4.69) is 18.5 Å². The number of hydrogen-bond donors (Lipinski definition) is 3. The van der Waals surface area contributed by atoms with E-state index in [1.54, 1.807) is 43.5 Å². The van der Waals surface area contributed by atoms with Gasteiger partial charge in [-0.1, -0.05) is 43.0 Å². The number of amides is 1. The van der Waals surface area contributed by atoms with E-state index in [1.807, 2.05) is 31.2 Å². The molecule has 4 aliphatic heterocycles. The van der Waals surface area contributed by atoms with Crippen LogP contribution in [0.5, 0.6) is 0 Å². The van der Waals surface area contributed by atoms with E-state index in [9.17, 15) is 18.3 Å². The number of methoxy groups -OCH3 is 1. The van der Waals surface area contributed by atoms with Gasteiger partial charge in [-0.3, -0.25) is 0 Å². The summed E-state index contributed by atoms with van der Waals surface area (Å²) in [7, 11) is -2.13. The molecule has 5 aliphatic rings. The highest BCUT2D eigenvalue weighted by molar-refractivity contribution is 7.91. The predicted octanol–water partition coefficient (Wildman–Crippen LogP) is 4.89. The van der Waals surface area contributed by atoms with Crippen molar-refractivity contribution in [2.75, 3.05) is 32.6 Å². The Bertz CT molecular complexity index is 1560. The number of nitrogens with one attached hydrogen (secondary N) is 1. The van der Waals surface area contributed by atoms with Crippen LogP contribution >= 0.6 is 0 Å². The van der Waals surface area contributed by atoms with Gasteiger partial charge in [-0.15, -0.1) is 6.58 Å². The summed E-state index contributed by atoms with van der Waals surface area (Å²) in [6.07, 6.45) is 9.02. The van der Waals surface area contributed by atoms with Crippen molar-refractivity contribution in [1.82, 2.24) is 5.32 Å². The number of benzene rings is 1. The van der Waals surface area contributed by atoms with Crippen LogP contribution in [-0.2, 0) is 33.5 Å². The summed E-state index contributed by atoms with van der Waals surface area (Å²) >= 11 is 0. The second-order valence-corrected chi connectivity index (χ2v) is 15.4. The Morgan fingerprint density at radius 1 is 1.24 bits per heavy atom. The number of carboxylic acid groups (broad SMARTS) is 1. The van der Waals surface area contributed by atoms with Gasteiger partial charge < -0.3 is 39.2 Å². The predicted molar refractivity (Wildman–Crippen MR) is 184 cm³/mol. The molecule has 12 heteroatoms. The maximum atomic E-state index is 13.5. The number of carbonyl (C=O) groups is 1. The molecule has 0 spiro atoms. The number of aliphatic hydroxyl groups excluding tert-OH is 1. The number of allylic oxidation sites excluding steroid dienone is 3. The molecule has 2 bridgehead atoms. The van der Waals surface area contributed by atoms with Crippen LogP contribution in [0.1, 0.15) is 45.4 Å². The van der Waals surface area contributed by atoms with Crippen molar-refractivity contribution in [2.45, 2.75) is 92.1 Å².